The molecule has 0 bridgehead atoms. The summed E-state index contributed by atoms with van der Waals surface area (Å²) in [5, 5.41) is 8.22. The number of aliphatic carboxylic acids is 1. The minimum atomic E-state index is -1.01. The predicted octanol–water partition coefficient (Wildman–Crippen LogP) is 0.206. The van der Waals surface area contributed by atoms with Crippen LogP contribution in [0.25, 0.3) is 0 Å². The molecule has 0 fully saturated rings. The van der Waals surface area contributed by atoms with Crippen LogP contribution in [0.5, 0.6) is 0 Å². The lowest BCUT2D eigenvalue weighted by atomic mass is 10.1. The van der Waals surface area contributed by atoms with Crippen molar-refractivity contribution in [2.75, 3.05) is 0 Å². The highest BCUT2D eigenvalue weighted by Gasteiger charge is 2.09. The number of carbonyl (C=O) groups is 3. The van der Waals surface area contributed by atoms with Crippen molar-refractivity contribution in [3.05, 3.63) is 0 Å². The smallest absolute Gasteiger partial charge is 0.373 e. The van der Waals surface area contributed by atoms with Gasteiger partial charge in [0.05, 0.1) is 12.8 Å². The lowest BCUT2D eigenvalue weighted by Crippen LogP contribution is -2.08. The number of rotatable bonds is 6. The molecular formula is C9H12O6. The fraction of sp³-hybridized carbons (Fsp3) is 0.556. The van der Waals surface area contributed by atoms with E-state index in [0.29, 0.717) is 6.42 Å². The van der Waals surface area contributed by atoms with Crippen molar-refractivity contribution < 1.29 is 29.1 Å². The number of carboxylic acids is 1. The molecule has 0 heterocycles. The largest absolute Gasteiger partial charge is 0.481 e. The molecule has 84 valence electrons. The van der Waals surface area contributed by atoms with Crippen LogP contribution in [-0.4, -0.2) is 28.8 Å². The van der Waals surface area contributed by atoms with Crippen LogP contribution in [0, 0.1) is 0 Å². The van der Waals surface area contributed by atoms with Crippen LogP contribution in [0.15, 0.2) is 0 Å². The topological polar surface area (TPSA) is 106 Å². The van der Waals surface area contributed by atoms with Crippen molar-refractivity contribution in [1.82, 2.24) is 0 Å². The maximum atomic E-state index is 10.8. The summed E-state index contributed by atoms with van der Waals surface area (Å²) >= 11 is 0. The summed E-state index contributed by atoms with van der Waals surface area (Å²) in [4.78, 5) is 47.8. The van der Waals surface area contributed by atoms with Crippen LogP contribution in [0.1, 0.15) is 32.6 Å². The molecule has 6 nitrogen and oxygen atoms in total. The number of carbonyl (C=O) groups excluding carboxylic acids is 4. The van der Waals surface area contributed by atoms with Gasteiger partial charge in [0.25, 0.3) is 0 Å². The molecule has 0 saturated heterocycles. The standard InChI is InChI=1S/C8H12O4.CO2/c1-2-6(9)5-7(10)3-4-8(11)12;2-1-3/h2-5H2,1H3,(H,11,12);. The monoisotopic (exact) mass is 216 g/mol. The lowest BCUT2D eigenvalue weighted by Gasteiger charge is -1.95. The summed E-state index contributed by atoms with van der Waals surface area (Å²) in [5.41, 5.74) is 0. The van der Waals surface area contributed by atoms with E-state index >= 15 is 0 Å². The zero-order valence-electron chi connectivity index (χ0n) is 8.32. The van der Waals surface area contributed by atoms with E-state index in [1.807, 2.05) is 0 Å². The molecule has 0 saturated carbocycles. The SMILES string of the molecule is CCC(=O)CC(=O)CCC(=O)O.O=C=O. The van der Waals surface area contributed by atoms with Gasteiger partial charge in [-0.2, -0.15) is 9.59 Å². The Kier molecular flexibility index (Phi) is 10.7. The maximum Gasteiger partial charge on any atom is 0.373 e. The van der Waals surface area contributed by atoms with Crippen LogP contribution >= 0.6 is 0 Å². The normalized spacial score (nSPS) is 8.07. The van der Waals surface area contributed by atoms with Gasteiger partial charge in [0.2, 0.25) is 0 Å². The van der Waals surface area contributed by atoms with Crippen LogP contribution in [0.4, 0.5) is 0 Å². The average Bonchev–Trinajstić information content (AvgIpc) is 2.16. The average molecular weight is 216 g/mol. The molecule has 0 rings (SSSR count). The number of ketones is 2. The Bertz CT molecular complexity index is 262. The van der Waals surface area contributed by atoms with E-state index in [4.69, 9.17) is 14.7 Å². The van der Waals surface area contributed by atoms with Gasteiger partial charge in [-0.05, 0) is 0 Å². The first-order valence-electron chi connectivity index (χ1n) is 4.22. The predicted molar refractivity (Wildman–Crippen MR) is 46.8 cm³/mol. The third-order valence-corrected chi connectivity index (χ3v) is 1.41. The molecular weight excluding hydrogens is 204 g/mol. The molecule has 0 spiro atoms. The van der Waals surface area contributed by atoms with Gasteiger partial charge < -0.3 is 5.11 Å². The minimum absolute atomic E-state index is 0.0406. The second-order valence-electron chi connectivity index (χ2n) is 2.58. The minimum Gasteiger partial charge on any atom is -0.481 e. The fourth-order valence-corrected chi connectivity index (χ4v) is 0.680. The number of hydrogen-bond acceptors (Lipinski definition) is 5. The first-order chi connectivity index (χ1) is 6.97. The molecule has 0 aromatic rings. The van der Waals surface area contributed by atoms with E-state index in [1.54, 1.807) is 6.92 Å². The Hall–Kier alpha value is -1.81. The van der Waals surface area contributed by atoms with Crippen molar-refractivity contribution in [2.24, 2.45) is 0 Å². The molecule has 15 heavy (non-hydrogen) atoms. The van der Waals surface area contributed by atoms with E-state index in [0.717, 1.165) is 0 Å². The van der Waals surface area contributed by atoms with Crippen LogP contribution in [0.2, 0.25) is 0 Å². The molecule has 6 heteroatoms. The Morgan fingerprint density at radius 3 is 1.87 bits per heavy atom. The molecule has 1 N–H and O–H groups in total. The molecule has 0 aliphatic heterocycles. The second kappa shape index (κ2) is 10.3. The summed E-state index contributed by atoms with van der Waals surface area (Å²) in [6.45, 7) is 1.67. The van der Waals surface area contributed by atoms with Gasteiger partial charge in [0, 0.05) is 12.8 Å². The van der Waals surface area contributed by atoms with Crippen LogP contribution < -0.4 is 0 Å². The quantitative estimate of drug-likeness (QED) is 0.636. The van der Waals surface area contributed by atoms with E-state index in [9.17, 15) is 14.4 Å². The first-order valence-corrected chi connectivity index (χ1v) is 4.22. The van der Waals surface area contributed by atoms with E-state index < -0.39 is 5.97 Å². The van der Waals surface area contributed by atoms with E-state index in [-0.39, 0.29) is 37.0 Å². The third-order valence-electron chi connectivity index (χ3n) is 1.41. The summed E-state index contributed by atoms with van der Waals surface area (Å²) in [5.74, 6) is -1.43. The highest BCUT2D eigenvalue weighted by molar-refractivity contribution is 5.99. The van der Waals surface area contributed by atoms with Crippen molar-refractivity contribution in [3.8, 4) is 0 Å². The molecule has 0 aromatic heterocycles. The Morgan fingerprint density at radius 1 is 1.07 bits per heavy atom. The maximum absolute atomic E-state index is 10.8. The van der Waals surface area contributed by atoms with Gasteiger partial charge in [0.1, 0.15) is 11.6 Å². The Morgan fingerprint density at radius 2 is 1.53 bits per heavy atom. The van der Waals surface area contributed by atoms with Gasteiger partial charge in [-0.3, -0.25) is 14.4 Å². The van der Waals surface area contributed by atoms with Crippen molar-refractivity contribution in [1.29, 1.82) is 0 Å². The first kappa shape index (κ1) is 15.7. The van der Waals surface area contributed by atoms with Gasteiger partial charge in [-0.25, -0.2) is 0 Å². The van der Waals surface area contributed by atoms with Gasteiger partial charge in [0.15, 0.2) is 0 Å². The molecule has 0 unspecified atom stereocenters. The second-order valence-corrected chi connectivity index (χ2v) is 2.58. The zero-order chi connectivity index (χ0) is 12.3. The van der Waals surface area contributed by atoms with Crippen LogP contribution in [0.3, 0.4) is 0 Å². The van der Waals surface area contributed by atoms with Crippen molar-refractivity contribution >= 4 is 23.7 Å². The van der Waals surface area contributed by atoms with Gasteiger partial charge in [-0.1, -0.05) is 6.92 Å². The highest BCUT2D eigenvalue weighted by Crippen LogP contribution is 1.97. The van der Waals surface area contributed by atoms with E-state index in [1.165, 1.54) is 0 Å². The zero-order valence-corrected chi connectivity index (χ0v) is 8.32. The highest BCUT2D eigenvalue weighted by atomic mass is 16.4. The van der Waals surface area contributed by atoms with Crippen molar-refractivity contribution in [3.63, 3.8) is 0 Å². The Balaban J connectivity index is 0. The van der Waals surface area contributed by atoms with Crippen LogP contribution in [-0.2, 0) is 24.0 Å². The number of Topliss-reactive ketones (excluding diaryl/α,β-unsaturated/α-hetero) is 2. The summed E-state index contributed by atoms with van der Waals surface area (Å²) in [6, 6.07) is 0. The van der Waals surface area contributed by atoms with Crippen molar-refractivity contribution in [2.45, 2.75) is 32.6 Å². The fourth-order valence-electron chi connectivity index (χ4n) is 0.680. The molecule has 0 radical (unpaired) electrons. The lowest BCUT2D eigenvalue weighted by molar-refractivity contribution is -0.191. The Labute approximate surface area is 86.3 Å². The summed E-state index contributed by atoms with van der Waals surface area (Å²) in [7, 11) is 0. The third kappa shape index (κ3) is 15.0. The number of carboxylic acid groups (broad SMARTS) is 1. The summed E-state index contributed by atoms with van der Waals surface area (Å²) < 4.78 is 0. The molecule has 0 atom stereocenters. The molecule has 0 aliphatic rings. The number of hydrogen-bond donors (Lipinski definition) is 1. The van der Waals surface area contributed by atoms with Gasteiger partial charge in [-0.15, -0.1) is 0 Å². The molecule has 0 aromatic carbocycles. The van der Waals surface area contributed by atoms with E-state index in [2.05, 4.69) is 0 Å². The van der Waals surface area contributed by atoms with Gasteiger partial charge >= 0.3 is 12.1 Å². The molecule has 0 aliphatic carbocycles. The summed E-state index contributed by atoms with van der Waals surface area (Å²) in [6.07, 6.45) is 0.236. The molecule has 0 amide bonds.